The van der Waals surface area contributed by atoms with Crippen molar-refractivity contribution in [1.29, 1.82) is 0 Å². The molecule has 0 bridgehead atoms. The number of halogens is 2. The Balaban J connectivity index is 1.67. The lowest BCUT2D eigenvalue weighted by atomic mass is 9.80. The Morgan fingerprint density at radius 1 is 1.00 bits per heavy atom. The lowest BCUT2D eigenvalue weighted by Gasteiger charge is -2.29. The van der Waals surface area contributed by atoms with Crippen molar-refractivity contribution in [2.75, 3.05) is 10.6 Å². The van der Waals surface area contributed by atoms with E-state index in [1.165, 1.54) is 10.9 Å². The van der Waals surface area contributed by atoms with Crippen molar-refractivity contribution in [3.63, 3.8) is 0 Å². The van der Waals surface area contributed by atoms with Gasteiger partial charge in [0.25, 0.3) is 0 Å². The van der Waals surface area contributed by atoms with Crippen LogP contribution in [-0.2, 0) is 4.79 Å². The van der Waals surface area contributed by atoms with Crippen molar-refractivity contribution in [2.45, 2.75) is 24.8 Å². The molecular formula is C23H18ClFN2OS. The van der Waals surface area contributed by atoms with Crippen LogP contribution in [-0.4, -0.2) is 5.78 Å². The number of carbonyl (C=O) groups excluding carboxylic acids is 1. The van der Waals surface area contributed by atoms with Crippen molar-refractivity contribution in [2.24, 2.45) is 0 Å². The number of ketones is 1. The predicted octanol–water partition coefficient (Wildman–Crippen LogP) is 6.52. The fourth-order valence-corrected chi connectivity index (χ4v) is 5.32. The van der Waals surface area contributed by atoms with E-state index < -0.39 is 11.9 Å². The van der Waals surface area contributed by atoms with Gasteiger partial charge in [0, 0.05) is 39.1 Å². The van der Waals surface area contributed by atoms with E-state index in [0.29, 0.717) is 29.0 Å². The Morgan fingerprint density at radius 3 is 2.59 bits per heavy atom. The number of hydrogen-bond donors (Lipinski definition) is 2. The van der Waals surface area contributed by atoms with Crippen LogP contribution < -0.4 is 10.6 Å². The molecule has 0 saturated heterocycles. The summed E-state index contributed by atoms with van der Waals surface area (Å²) in [4.78, 5) is 14.5. The van der Waals surface area contributed by atoms with E-state index in [4.69, 9.17) is 11.6 Å². The standard InChI is InChI=1S/C23H18ClFN2OS/c24-14-5-3-6-15(25)21(14)23-22-18(26-16-7-1-2-8-17(16)27-23)11-13(12-19(22)28)20-9-4-10-29-20/h1-10,13,23,26-27H,11-12H2/t13-,23+/m1/s1. The maximum absolute atomic E-state index is 14.9. The van der Waals surface area contributed by atoms with Crippen LogP contribution in [0.3, 0.4) is 0 Å². The van der Waals surface area contributed by atoms with Gasteiger partial charge in [0.05, 0.1) is 17.4 Å². The molecule has 0 saturated carbocycles. The van der Waals surface area contributed by atoms with Crippen LogP contribution in [0.5, 0.6) is 0 Å². The highest BCUT2D eigenvalue weighted by molar-refractivity contribution is 7.10. The molecule has 1 aliphatic carbocycles. The summed E-state index contributed by atoms with van der Waals surface area (Å²) in [6.45, 7) is 0. The first-order valence-electron chi connectivity index (χ1n) is 9.48. The largest absolute Gasteiger partial charge is 0.372 e. The van der Waals surface area contributed by atoms with Gasteiger partial charge in [-0.1, -0.05) is 35.9 Å². The molecule has 0 amide bonds. The van der Waals surface area contributed by atoms with Crippen LogP contribution in [0.1, 0.15) is 35.2 Å². The third kappa shape index (κ3) is 3.24. The van der Waals surface area contributed by atoms with E-state index in [-0.39, 0.29) is 11.7 Å². The zero-order valence-corrected chi connectivity index (χ0v) is 17.0. The number of thiophene rings is 1. The molecule has 6 heteroatoms. The minimum absolute atomic E-state index is 0.0155. The van der Waals surface area contributed by atoms with Crippen molar-refractivity contribution in [3.8, 4) is 0 Å². The Labute approximate surface area is 177 Å². The maximum atomic E-state index is 14.9. The number of anilines is 2. The highest BCUT2D eigenvalue weighted by atomic mass is 35.5. The molecule has 2 N–H and O–H groups in total. The van der Waals surface area contributed by atoms with Crippen LogP contribution >= 0.6 is 22.9 Å². The van der Waals surface area contributed by atoms with E-state index in [1.807, 2.05) is 35.7 Å². The molecule has 29 heavy (non-hydrogen) atoms. The van der Waals surface area contributed by atoms with Crippen molar-refractivity contribution in [3.05, 3.63) is 92.5 Å². The average molecular weight is 425 g/mol. The zero-order chi connectivity index (χ0) is 20.0. The summed E-state index contributed by atoms with van der Waals surface area (Å²) in [5.74, 6) is -0.285. The number of fused-ring (bicyclic) bond motifs is 1. The first kappa shape index (κ1) is 18.4. The molecule has 146 valence electrons. The summed E-state index contributed by atoms with van der Waals surface area (Å²) in [5, 5.41) is 9.17. The highest BCUT2D eigenvalue weighted by Crippen LogP contribution is 2.46. The second-order valence-electron chi connectivity index (χ2n) is 7.32. The first-order chi connectivity index (χ1) is 14.1. The summed E-state index contributed by atoms with van der Waals surface area (Å²) in [6, 6.07) is 15.8. The van der Waals surface area contributed by atoms with E-state index in [1.54, 1.807) is 23.5 Å². The summed E-state index contributed by atoms with van der Waals surface area (Å²) in [5.41, 5.74) is 3.40. The number of benzene rings is 2. The summed E-state index contributed by atoms with van der Waals surface area (Å²) in [6.07, 6.45) is 1.10. The van der Waals surface area contributed by atoms with Gasteiger partial charge in [-0.25, -0.2) is 4.39 Å². The molecular weight excluding hydrogens is 407 g/mol. The van der Waals surface area contributed by atoms with Gasteiger partial charge >= 0.3 is 0 Å². The lowest BCUT2D eigenvalue weighted by Crippen LogP contribution is -2.27. The Hall–Kier alpha value is -2.63. The molecule has 2 aliphatic rings. The minimum atomic E-state index is -0.647. The molecule has 3 nitrogen and oxygen atoms in total. The Kier molecular flexibility index (Phi) is 4.64. The second-order valence-corrected chi connectivity index (χ2v) is 8.71. The number of para-hydroxylation sites is 2. The summed E-state index contributed by atoms with van der Waals surface area (Å²) >= 11 is 8.06. The normalized spacial score (nSPS) is 21.0. The van der Waals surface area contributed by atoms with E-state index in [9.17, 15) is 9.18 Å². The number of hydrogen-bond acceptors (Lipinski definition) is 4. The number of rotatable bonds is 2. The number of Topliss-reactive ketones (excluding diaryl/α,β-unsaturated/α-hetero) is 1. The SMILES string of the molecule is O=C1C[C@H](c2cccs2)CC2=C1[C@H](c1c(F)cccc1Cl)Nc1ccccc1N2. The molecule has 1 aliphatic heterocycles. The van der Waals surface area contributed by atoms with Gasteiger partial charge in [0.2, 0.25) is 0 Å². The van der Waals surface area contributed by atoms with Gasteiger partial charge in [-0.3, -0.25) is 4.79 Å². The van der Waals surface area contributed by atoms with Gasteiger partial charge in [-0.05, 0) is 42.1 Å². The number of nitrogens with one attached hydrogen (secondary N) is 2. The minimum Gasteiger partial charge on any atom is -0.372 e. The monoisotopic (exact) mass is 424 g/mol. The number of carbonyl (C=O) groups is 1. The van der Waals surface area contributed by atoms with Crippen LogP contribution in [0.25, 0.3) is 0 Å². The highest BCUT2D eigenvalue weighted by Gasteiger charge is 2.37. The van der Waals surface area contributed by atoms with Crippen LogP contribution in [0.4, 0.5) is 15.8 Å². The maximum Gasteiger partial charge on any atom is 0.163 e. The second kappa shape index (κ2) is 7.32. The molecule has 2 heterocycles. The van der Waals surface area contributed by atoms with Gasteiger partial charge in [-0.2, -0.15) is 0 Å². The molecule has 5 rings (SSSR count). The van der Waals surface area contributed by atoms with Crippen molar-refractivity contribution < 1.29 is 9.18 Å². The average Bonchev–Trinajstić information content (AvgIpc) is 3.18. The van der Waals surface area contributed by atoms with E-state index in [2.05, 4.69) is 16.7 Å². The zero-order valence-electron chi connectivity index (χ0n) is 15.4. The molecule has 1 aromatic heterocycles. The van der Waals surface area contributed by atoms with Crippen molar-refractivity contribution in [1.82, 2.24) is 0 Å². The van der Waals surface area contributed by atoms with E-state index >= 15 is 0 Å². The van der Waals surface area contributed by atoms with Crippen LogP contribution in [0.2, 0.25) is 5.02 Å². The van der Waals surface area contributed by atoms with Crippen LogP contribution in [0.15, 0.2) is 71.2 Å². The third-order valence-electron chi connectivity index (χ3n) is 5.54. The Morgan fingerprint density at radius 2 is 1.83 bits per heavy atom. The van der Waals surface area contributed by atoms with Gasteiger partial charge in [-0.15, -0.1) is 11.3 Å². The van der Waals surface area contributed by atoms with Crippen LogP contribution in [0, 0.1) is 5.82 Å². The summed E-state index contributed by atoms with van der Waals surface area (Å²) < 4.78 is 14.9. The summed E-state index contributed by atoms with van der Waals surface area (Å²) in [7, 11) is 0. The topological polar surface area (TPSA) is 41.1 Å². The lowest BCUT2D eigenvalue weighted by molar-refractivity contribution is -0.116. The van der Waals surface area contributed by atoms with E-state index in [0.717, 1.165) is 17.1 Å². The van der Waals surface area contributed by atoms with Crippen molar-refractivity contribution >= 4 is 40.1 Å². The molecule has 0 fully saturated rings. The fourth-order valence-electron chi connectivity index (χ4n) is 4.22. The van der Waals surface area contributed by atoms with Gasteiger partial charge in [0.1, 0.15) is 5.82 Å². The quantitative estimate of drug-likeness (QED) is 0.492. The Bertz CT molecular complexity index is 1110. The molecule has 2 atom stereocenters. The van der Waals surface area contributed by atoms with Gasteiger partial charge in [0.15, 0.2) is 5.78 Å². The first-order valence-corrected chi connectivity index (χ1v) is 10.7. The van der Waals surface area contributed by atoms with Gasteiger partial charge < -0.3 is 10.6 Å². The molecule has 2 aromatic carbocycles. The number of allylic oxidation sites excluding steroid dienone is 1. The smallest absolute Gasteiger partial charge is 0.163 e. The molecule has 3 aromatic rings. The molecule has 0 unspecified atom stereocenters. The molecule has 0 radical (unpaired) electrons. The molecule has 0 spiro atoms. The predicted molar refractivity (Wildman–Crippen MR) is 116 cm³/mol. The third-order valence-corrected chi connectivity index (χ3v) is 6.91. The fraction of sp³-hybridized carbons (Fsp3) is 0.174.